The van der Waals surface area contributed by atoms with Crippen molar-refractivity contribution in [3.8, 4) is 5.75 Å². The van der Waals surface area contributed by atoms with E-state index in [0.29, 0.717) is 31.8 Å². The van der Waals surface area contributed by atoms with Gasteiger partial charge in [0.15, 0.2) is 0 Å². The van der Waals surface area contributed by atoms with Gasteiger partial charge in [-0.15, -0.1) is 0 Å². The Morgan fingerprint density at radius 2 is 1.60 bits per heavy atom. The molecule has 0 saturated carbocycles. The summed E-state index contributed by atoms with van der Waals surface area (Å²) in [6.07, 6.45) is 4.86. The number of aromatic nitrogens is 1. The van der Waals surface area contributed by atoms with Crippen LogP contribution in [0.15, 0.2) is 78.9 Å². The number of rotatable bonds is 12. The van der Waals surface area contributed by atoms with E-state index in [1.54, 1.807) is 0 Å². The van der Waals surface area contributed by atoms with E-state index in [1.807, 2.05) is 53.4 Å². The van der Waals surface area contributed by atoms with E-state index >= 15 is 0 Å². The van der Waals surface area contributed by atoms with Gasteiger partial charge in [-0.05, 0) is 68.1 Å². The fraction of sp³-hybridized carbons (Fsp3) is 0.371. The maximum absolute atomic E-state index is 13.7. The highest BCUT2D eigenvalue weighted by molar-refractivity contribution is 6.02. The number of carbonyl (C=O) groups excluding carboxylic acids is 2. The number of likely N-dealkylation sites (tertiary alicyclic amines) is 2. The Morgan fingerprint density at radius 1 is 0.857 bits per heavy atom. The molecule has 7 nitrogen and oxygen atoms in total. The average molecular weight is 565 g/mol. The molecular weight excluding hydrogens is 524 g/mol. The van der Waals surface area contributed by atoms with E-state index in [0.717, 1.165) is 59.3 Å². The second-order valence-corrected chi connectivity index (χ2v) is 11.4. The molecule has 2 fully saturated rings. The zero-order valence-corrected chi connectivity index (χ0v) is 24.2. The topological polar surface area (TPSA) is 77.7 Å². The van der Waals surface area contributed by atoms with Crippen LogP contribution in [-0.2, 0) is 4.79 Å². The third kappa shape index (κ3) is 6.36. The fourth-order valence-electron chi connectivity index (χ4n) is 6.37. The van der Waals surface area contributed by atoms with Crippen LogP contribution in [0.2, 0.25) is 0 Å². The highest BCUT2D eigenvalue weighted by Gasteiger charge is 2.27. The highest BCUT2D eigenvalue weighted by atomic mass is 16.5. The molecule has 4 aromatic rings. The number of ether oxygens (including phenoxy) is 1. The first-order valence-electron chi connectivity index (χ1n) is 15.3. The predicted molar refractivity (Wildman–Crippen MR) is 166 cm³/mol. The second kappa shape index (κ2) is 13.3. The summed E-state index contributed by atoms with van der Waals surface area (Å²) < 4.78 is 6.09. The monoisotopic (exact) mass is 564 g/mol. The standard InChI is InChI=1S/C35H40N4O3/c40-31-14-8-22-39(31)23-9-19-36-35(41)34-33(29-12-4-5-13-30(29)37-34)32(26-10-2-1-3-11-26)27-15-17-28(18-16-27)42-25-24-38-20-6-7-21-38/h1-5,10-13,15-18,32,37H,6-9,14,19-25H2,(H,36,41). The van der Waals surface area contributed by atoms with Gasteiger partial charge in [0.05, 0.1) is 0 Å². The molecule has 218 valence electrons. The minimum atomic E-state index is -0.149. The quantitative estimate of drug-likeness (QED) is 0.221. The Labute approximate surface area is 247 Å². The molecule has 3 heterocycles. The molecule has 2 amide bonds. The molecule has 7 heteroatoms. The number of amides is 2. The van der Waals surface area contributed by atoms with Crippen molar-refractivity contribution in [2.45, 2.75) is 38.0 Å². The largest absolute Gasteiger partial charge is 0.492 e. The van der Waals surface area contributed by atoms with Crippen molar-refractivity contribution in [1.82, 2.24) is 20.1 Å². The van der Waals surface area contributed by atoms with E-state index < -0.39 is 0 Å². The average Bonchev–Trinajstić information content (AvgIpc) is 3.78. The smallest absolute Gasteiger partial charge is 0.268 e. The van der Waals surface area contributed by atoms with E-state index in [1.165, 1.54) is 25.9 Å². The summed E-state index contributed by atoms with van der Waals surface area (Å²) in [4.78, 5) is 33.4. The number of nitrogens with zero attached hydrogens (tertiary/aromatic N) is 2. The molecule has 0 radical (unpaired) electrons. The number of nitrogens with one attached hydrogen (secondary N) is 2. The van der Waals surface area contributed by atoms with Crippen LogP contribution >= 0.6 is 0 Å². The number of benzene rings is 3. The van der Waals surface area contributed by atoms with Crippen LogP contribution in [0.4, 0.5) is 0 Å². The van der Waals surface area contributed by atoms with Gasteiger partial charge >= 0.3 is 0 Å². The Morgan fingerprint density at radius 3 is 2.36 bits per heavy atom. The molecule has 2 saturated heterocycles. The van der Waals surface area contributed by atoms with Gasteiger partial charge in [0.25, 0.3) is 5.91 Å². The van der Waals surface area contributed by atoms with Gasteiger partial charge < -0.3 is 19.9 Å². The zero-order valence-electron chi connectivity index (χ0n) is 24.2. The van der Waals surface area contributed by atoms with Crippen LogP contribution in [0.3, 0.4) is 0 Å². The molecule has 1 atom stereocenters. The number of aromatic amines is 1. The molecule has 0 spiro atoms. The number of fused-ring (bicyclic) bond motifs is 1. The first kappa shape index (κ1) is 28.0. The summed E-state index contributed by atoms with van der Waals surface area (Å²) in [7, 11) is 0. The van der Waals surface area contributed by atoms with E-state index in [-0.39, 0.29) is 17.7 Å². The van der Waals surface area contributed by atoms with Crippen LogP contribution in [0, 0.1) is 0 Å². The van der Waals surface area contributed by atoms with Gasteiger partial charge in [-0.25, -0.2) is 0 Å². The Balaban J connectivity index is 1.25. The van der Waals surface area contributed by atoms with Crippen molar-refractivity contribution in [3.63, 3.8) is 0 Å². The molecular formula is C35H40N4O3. The maximum Gasteiger partial charge on any atom is 0.268 e. The lowest BCUT2D eigenvalue weighted by Crippen LogP contribution is -2.31. The number of carbonyl (C=O) groups is 2. The maximum atomic E-state index is 13.7. The normalized spacial score (nSPS) is 16.3. The fourth-order valence-corrected chi connectivity index (χ4v) is 6.37. The van der Waals surface area contributed by atoms with Gasteiger partial charge in [-0.1, -0.05) is 60.7 Å². The van der Waals surface area contributed by atoms with Crippen LogP contribution in [0.1, 0.15) is 65.2 Å². The first-order valence-corrected chi connectivity index (χ1v) is 15.3. The zero-order chi connectivity index (χ0) is 28.7. The second-order valence-electron chi connectivity index (χ2n) is 11.4. The minimum absolute atomic E-state index is 0.128. The molecule has 6 rings (SSSR count). The van der Waals surface area contributed by atoms with Gasteiger partial charge in [0.2, 0.25) is 5.91 Å². The third-order valence-electron chi connectivity index (χ3n) is 8.54. The molecule has 1 aromatic heterocycles. The van der Waals surface area contributed by atoms with Crippen molar-refractivity contribution in [2.24, 2.45) is 0 Å². The number of hydrogen-bond acceptors (Lipinski definition) is 4. The van der Waals surface area contributed by atoms with Crippen LogP contribution in [-0.4, -0.2) is 72.5 Å². The molecule has 2 aliphatic rings. The summed E-state index contributed by atoms with van der Waals surface area (Å²) in [5.74, 6) is 0.798. The molecule has 3 aromatic carbocycles. The van der Waals surface area contributed by atoms with Crippen molar-refractivity contribution < 1.29 is 14.3 Å². The predicted octanol–water partition coefficient (Wildman–Crippen LogP) is 5.57. The van der Waals surface area contributed by atoms with Crippen molar-refractivity contribution in [3.05, 3.63) is 101 Å². The van der Waals surface area contributed by atoms with Crippen LogP contribution in [0.25, 0.3) is 10.9 Å². The summed E-state index contributed by atoms with van der Waals surface area (Å²) in [5.41, 5.74) is 4.69. The van der Waals surface area contributed by atoms with E-state index in [2.05, 4.69) is 45.5 Å². The Bertz CT molecular complexity index is 1490. The molecule has 0 bridgehead atoms. The molecule has 1 unspecified atom stereocenters. The molecule has 2 aliphatic heterocycles. The molecule has 0 aliphatic carbocycles. The summed E-state index contributed by atoms with van der Waals surface area (Å²) >= 11 is 0. The van der Waals surface area contributed by atoms with Crippen molar-refractivity contribution in [1.29, 1.82) is 0 Å². The van der Waals surface area contributed by atoms with Gasteiger partial charge in [-0.2, -0.15) is 0 Å². The number of hydrogen-bond donors (Lipinski definition) is 2. The number of para-hydroxylation sites is 1. The van der Waals surface area contributed by atoms with Gasteiger partial charge in [0, 0.05) is 55.0 Å². The van der Waals surface area contributed by atoms with Crippen molar-refractivity contribution in [2.75, 3.05) is 45.9 Å². The van der Waals surface area contributed by atoms with Gasteiger partial charge in [-0.3, -0.25) is 14.5 Å². The lowest BCUT2D eigenvalue weighted by Gasteiger charge is -2.21. The summed E-state index contributed by atoms with van der Waals surface area (Å²) in [5, 5.41) is 4.15. The van der Waals surface area contributed by atoms with E-state index in [4.69, 9.17) is 4.74 Å². The Hall–Kier alpha value is -4.10. The van der Waals surface area contributed by atoms with E-state index in [9.17, 15) is 9.59 Å². The Kier molecular flexibility index (Phi) is 8.85. The van der Waals surface area contributed by atoms with Gasteiger partial charge in [0.1, 0.15) is 18.1 Å². The lowest BCUT2D eigenvalue weighted by atomic mass is 9.83. The minimum Gasteiger partial charge on any atom is -0.492 e. The highest BCUT2D eigenvalue weighted by Crippen LogP contribution is 2.39. The third-order valence-corrected chi connectivity index (χ3v) is 8.54. The molecule has 2 N–H and O–H groups in total. The summed E-state index contributed by atoms with van der Waals surface area (Å²) in [6.45, 7) is 5.98. The number of H-pyrrole nitrogens is 1. The molecule has 42 heavy (non-hydrogen) atoms. The lowest BCUT2D eigenvalue weighted by molar-refractivity contribution is -0.127. The van der Waals surface area contributed by atoms with Crippen LogP contribution < -0.4 is 10.1 Å². The van der Waals surface area contributed by atoms with Crippen LogP contribution in [0.5, 0.6) is 5.75 Å². The van der Waals surface area contributed by atoms with Crippen molar-refractivity contribution >= 4 is 22.7 Å². The SMILES string of the molecule is O=C(NCCCN1CCCC1=O)c1[nH]c2ccccc2c1C(c1ccccc1)c1ccc(OCCN2CCCC2)cc1. The summed E-state index contributed by atoms with van der Waals surface area (Å²) in [6, 6.07) is 26.8. The first-order chi connectivity index (χ1) is 20.7.